The number of nitrogens with zero attached hydrogens (tertiary/aromatic N) is 1. The van der Waals surface area contributed by atoms with Gasteiger partial charge in [0.25, 0.3) is 0 Å². The van der Waals surface area contributed by atoms with Crippen molar-refractivity contribution in [3.8, 4) is 0 Å². The van der Waals surface area contributed by atoms with Crippen LogP contribution in [0.5, 0.6) is 0 Å². The van der Waals surface area contributed by atoms with Gasteiger partial charge < -0.3 is 0 Å². The largest absolute Gasteiger partial charge is 0.309 e. The highest BCUT2D eigenvalue weighted by Crippen LogP contribution is 2.35. The second-order valence-corrected chi connectivity index (χ2v) is 5.26. The molecule has 0 aromatic rings. The second-order valence-electron chi connectivity index (χ2n) is 5.26. The summed E-state index contributed by atoms with van der Waals surface area (Å²) in [5.41, 5.74) is 1.17. The maximum absolute atomic E-state index is 10.7. The molecule has 0 fully saturated rings. The van der Waals surface area contributed by atoms with E-state index in [1.54, 1.807) is 6.08 Å². The minimum absolute atomic E-state index is 0.207. The SMILES string of the molecule is CC(C)CC1(C)C=CC(/C=C/C(=O)N=O)=CC1. The summed E-state index contributed by atoms with van der Waals surface area (Å²) in [5, 5.41) is 2.31. The molecule has 0 saturated carbocycles. The number of hydrogen-bond acceptors (Lipinski definition) is 2. The minimum atomic E-state index is -0.741. The highest BCUT2D eigenvalue weighted by Gasteiger charge is 2.23. The number of hydrogen-bond donors (Lipinski definition) is 0. The van der Waals surface area contributed by atoms with Gasteiger partial charge >= 0.3 is 5.91 Å². The Kier molecular flexibility index (Phi) is 4.55. The van der Waals surface area contributed by atoms with Gasteiger partial charge in [-0.05, 0) is 35.8 Å². The molecule has 0 aromatic heterocycles. The maximum Gasteiger partial charge on any atom is 0.309 e. The summed E-state index contributed by atoms with van der Waals surface area (Å²) in [6.07, 6.45) is 11.2. The summed E-state index contributed by atoms with van der Waals surface area (Å²) in [5.74, 6) is -0.0780. The molecule has 1 aliphatic rings. The molecule has 3 nitrogen and oxygen atoms in total. The van der Waals surface area contributed by atoms with Crippen molar-refractivity contribution in [1.29, 1.82) is 0 Å². The van der Waals surface area contributed by atoms with Gasteiger partial charge in [0.1, 0.15) is 0 Å². The van der Waals surface area contributed by atoms with Gasteiger partial charge in [0, 0.05) is 11.3 Å². The van der Waals surface area contributed by atoms with Crippen LogP contribution in [-0.2, 0) is 4.79 Å². The fraction of sp³-hybridized carbons (Fsp3) is 0.500. The van der Waals surface area contributed by atoms with E-state index in [0.717, 1.165) is 18.4 Å². The lowest BCUT2D eigenvalue weighted by atomic mass is 9.76. The normalized spacial score (nSPS) is 24.1. The van der Waals surface area contributed by atoms with Gasteiger partial charge in [0.2, 0.25) is 0 Å². The van der Waals surface area contributed by atoms with E-state index in [0.29, 0.717) is 5.92 Å². The molecule has 1 aliphatic carbocycles. The van der Waals surface area contributed by atoms with Crippen LogP contribution in [0.3, 0.4) is 0 Å². The Labute approximate surface area is 102 Å². The van der Waals surface area contributed by atoms with Crippen LogP contribution in [0.4, 0.5) is 0 Å². The Balaban J connectivity index is 2.62. The minimum Gasteiger partial charge on any atom is -0.264 e. The second kappa shape index (κ2) is 5.71. The van der Waals surface area contributed by atoms with E-state index in [1.807, 2.05) is 6.08 Å². The first-order valence-corrected chi connectivity index (χ1v) is 5.90. The van der Waals surface area contributed by atoms with Crippen molar-refractivity contribution in [3.63, 3.8) is 0 Å². The number of amides is 1. The predicted molar refractivity (Wildman–Crippen MR) is 69.3 cm³/mol. The Morgan fingerprint density at radius 1 is 1.59 bits per heavy atom. The van der Waals surface area contributed by atoms with Crippen LogP contribution in [-0.4, -0.2) is 5.91 Å². The third-order valence-corrected chi connectivity index (χ3v) is 2.87. The number of carbonyl (C=O) groups is 1. The number of rotatable bonds is 4. The van der Waals surface area contributed by atoms with Crippen molar-refractivity contribution in [1.82, 2.24) is 0 Å². The third-order valence-electron chi connectivity index (χ3n) is 2.87. The molecule has 0 heterocycles. The summed E-state index contributed by atoms with van der Waals surface area (Å²) in [4.78, 5) is 20.6. The van der Waals surface area contributed by atoms with Crippen molar-refractivity contribution in [3.05, 3.63) is 40.9 Å². The summed E-state index contributed by atoms with van der Waals surface area (Å²) >= 11 is 0. The highest BCUT2D eigenvalue weighted by atomic mass is 16.3. The lowest BCUT2D eigenvalue weighted by Gasteiger charge is -2.29. The van der Waals surface area contributed by atoms with Crippen LogP contribution in [0.15, 0.2) is 41.1 Å². The molecule has 0 radical (unpaired) electrons. The molecule has 0 bridgehead atoms. The molecule has 0 N–H and O–H groups in total. The molecule has 3 heteroatoms. The highest BCUT2D eigenvalue weighted by molar-refractivity contribution is 5.88. The van der Waals surface area contributed by atoms with Crippen molar-refractivity contribution < 1.29 is 4.79 Å². The molecule has 1 unspecified atom stereocenters. The first-order valence-electron chi connectivity index (χ1n) is 5.90. The molecular formula is C14H19NO2. The lowest BCUT2D eigenvalue weighted by Crippen LogP contribution is -2.17. The summed E-state index contributed by atoms with van der Waals surface area (Å²) in [6.45, 7) is 6.66. The van der Waals surface area contributed by atoms with Crippen LogP contribution in [0, 0.1) is 16.2 Å². The maximum atomic E-state index is 10.7. The molecule has 92 valence electrons. The van der Waals surface area contributed by atoms with Gasteiger partial charge in [-0.15, -0.1) is 4.91 Å². The smallest absolute Gasteiger partial charge is 0.264 e. The summed E-state index contributed by atoms with van der Waals surface area (Å²) in [7, 11) is 0. The third kappa shape index (κ3) is 4.47. The Hall–Kier alpha value is -1.51. The van der Waals surface area contributed by atoms with Gasteiger partial charge in [0.15, 0.2) is 0 Å². The Bertz CT molecular complexity index is 391. The zero-order valence-corrected chi connectivity index (χ0v) is 10.6. The molecule has 1 rings (SSSR count). The topological polar surface area (TPSA) is 46.5 Å². The monoisotopic (exact) mass is 233 g/mol. The number of carbonyl (C=O) groups excluding carboxylic acids is 1. The molecule has 0 saturated heterocycles. The fourth-order valence-electron chi connectivity index (χ4n) is 2.19. The van der Waals surface area contributed by atoms with Crippen LogP contribution in [0.2, 0.25) is 0 Å². The predicted octanol–water partition coefficient (Wildman–Crippen LogP) is 3.77. The molecule has 1 atom stereocenters. The van der Waals surface area contributed by atoms with Gasteiger partial charge in [-0.3, -0.25) is 4.79 Å². The first-order chi connectivity index (χ1) is 7.95. The van der Waals surface area contributed by atoms with E-state index in [2.05, 4.69) is 38.1 Å². The molecule has 1 amide bonds. The van der Waals surface area contributed by atoms with Crippen molar-refractivity contribution >= 4 is 5.91 Å². The lowest BCUT2D eigenvalue weighted by molar-refractivity contribution is -0.113. The van der Waals surface area contributed by atoms with Crippen LogP contribution in [0.25, 0.3) is 0 Å². The number of allylic oxidation sites excluding steroid dienone is 5. The molecule has 0 aliphatic heterocycles. The van der Waals surface area contributed by atoms with Gasteiger partial charge in [0.05, 0.1) is 0 Å². The van der Waals surface area contributed by atoms with Gasteiger partial charge in [-0.1, -0.05) is 39.0 Å². The van der Waals surface area contributed by atoms with Crippen molar-refractivity contribution in [2.45, 2.75) is 33.6 Å². The molecular weight excluding hydrogens is 214 g/mol. The van der Waals surface area contributed by atoms with E-state index < -0.39 is 5.91 Å². The average molecular weight is 233 g/mol. The van der Waals surface area contributed by atoms with Crippen LogP contribution >= 0.6 is 0 Å². The van der Waals surface area contributed by atoms with E-state index in [4.69, 9.17) is 0 Å². The quantitative estimate of drug-likeness (QED) is 0.548. The zero-order valence-electron chi connectivity index (χ0n) is 10.6. The molecule has 0 spiro atoms. The average Bonchev–Trinajstić information content (AvgIpc) is 2.26. The zero-order chi connectivity index (χ0) is 12.9. The Morgan fingerprint density at radius 3 is 2.76 bits per heavy atom. The van der Waals surface area contributed by atoms with Crippen LogP contribution < -0.4 is 0 Å². The number of nitroso groups, excluding NO2 is 1. The van der Waals surface area contributed by atoms with E-state index in [1.165, 1.54) is 6.08 Å². The summed E-state index contributed by atoms with van der Waals surface area (Å²) < 4.78 is 0. The molecule has 17 heavy (non-hydrogen) atoms. The van der Waals surface area contributed by atoms with E-state index in [-0.39, 0.29) is 5.41 Å². The first kappa shape index (κ1) is 13.6. The standard InChI is InChI=1S/C14H19NO2/c1-11(2)10-14(3)8-6-12(7-9-14)4-5-13(16)15-17/h4-8,11H,9-10H2,1-3H3/b5-4+. The Morgan fingerprint density at radius 2 is 2.29 bits per heavy atom. The fourth-order valence-corrected chi connectivity index (χ4v) is 2.19. The van der Waals surface area contributed by atoms with E-state index in [9.17, 15) is 9.70 Å². The van der Waals surface area contributed by atoms with E-state index >= 15 is 0 Å². The van der Waals surface area contributed by atoms with Gasteiger partial charge in [-0.25, -0.2) is 0 Å². The van der Waals surface area contributed by atoms with Crippen molar-refractivity contribution in [2.24, 2.45) is 16.5 Å². The van der Waals surface area contributed by atoms with Crippen molar-refractivity contribution in [2.75, 3.05) is 0 Å². The van der Waals surface area contributed by atoms with Gasteiger partial charge in [-0.2, -0.15) is 0 Å². The molecule has 0 aromatic carbocycles. The van der Waals surface area contributed by atoms with Crippen LogP contribution in [0.1, 0.15) is 33.6 Å². The summed E-state index contributed by atoms with van der Waals surface area (Å²) in [6, 6.07) is 0.